The molecular formula is C24H26N2O4S. The highest BCUT2D eigenvalue weighted by Gasteiger charge is 2.10. The van der Waals surface area contributed by atoms with Crippen LogP contribution in [-0.4, -0.2) is 20.6 Å². The fraction of sp³-hybridized carbons (Fsp3) is 0.208. The van der Waals surface area contributed by atoms with Gasteiger partial charge in [0, 0.05) is 6.54 Å². The molecule has 0 unspecified atom stereocenters. The predicted octanol–water partition coefficient (Wildman–Crippen LogP) is 3.63. The highest BCUT2D eigenvalue weighted by Crippen LogP contribution is 2.17. The molecule has 0 saturated carbocycles. The molecule has 0 radical (unpaired) electrons. The molecule has 0 atom stereocenters. The van der Waals surface area contributed by atoms with Crippen LogP contribution in [0.15, 0.2) is 78.9 Å². The van der Waals surface area contributed by atoms with E-state index in [1.807, 2.05) is 54.6 Å². The van der Waals surface area contributed by atoms with Crippen molar-refractivity contribution in [3.8, 4) is 0 Å². The smallest absolute Gasteiger partial charge is 0.229 e. The van der Waals surface area contributed by atoms with Gasteiger partial charge in [-0.15, -0.1) is 0 Å². The van der Waals surface area contributed by atoms with Crippen LogP contribution in [0.5, 0.6) is 0 Å². The summed E-state index contributed by atoms with van der Waals surface area (Å²) >= 11 is 0. The molecular weight excluding hydrogens is 412 g/mol. The van der Waals surface area contributed by atoms with E-state index >= 15 is 0 Å². The Bertz CT molecular complexity index is 1100. The molecule has 162 valence electrons. The van der Waals surface area contributed by atoms with Crippen molar-refractivity contribution in [3.63, 3.8) is 0 Å². The Kier molecular flexibility index (Phi) is 7.81. The number of para-hydroxylation sites is 1. The second-order valence-corrected chi connectivity index (χ2v) is 9.03. The van der Waals surface area contributed by atoms with Gasteiger partial charge >= 0.3 is 0 Å². The first-order valence-corrected chi connectivity index (χ1v) is 11.8. The monoisotopic (exact) mass is 438 g/mol. The summed E-state index contributed by atoms with van der Waals surface area (Å²) < 4.78 is 31.2. The second kappa shape index (κ2) is 10.7. The lowest BCUT2D eigenvalue weighted by Gasteiger charge is -2.11. The van der Waals surface area contributed by atoms with Crippen molar-refractivity contribution in [3.05, 3.63) is 101 Å². The molecule has 0 aliphatic rings. The number of hydrogen-bond donors (Lipinski definition) is 2. The summed E-state index contributed by atoms with van der Waals surface area (Å²) in [5.41, 5.74) is 4.21. The lowest BCUT2D eigenvalue weighted by Crippen LogP contribution is -2.25. The summed E-state index contributed by atoms with van der Waals surface area (Å²) in [6, 6.07) is 24.8. The molecule has 31 heavy (non-hydrogen) atoms. The summed E-state index contributed by atoms with van der Waals surface area (Å²) in [7, 11) is -3.41. The molecule has 0 heterocycles. The van der Waals surface area contributed by atoms with Gasteiger partial charge in [-0.3, -0.25) is 9.52 Å². The first-order valence-electron chi connectivity index (χ1n) is 9.91. The van der Waals surface area contributed by atoms with E-state index in [1.165, 1.54) is 0 Å². The lowest BCUT2D eigenvalue weighted by molar-refractivity contribution is -0.120. The first-order chi connectivity index (χ1) is 14.9. The average Bonchev–Trinajstić information content (AvgIpc) is 2.74. The zero-order chi connectivity index (χ0) is 22.1. The molecule has 7 heteroatoms. The number of carbonyl (C=O) groups is 1. The quantitative estimate of drug-likeness (QED) is 0.506. The molecule has 0 aliphatic carbocycles. The molecule has 3 aromatic rings. The van der Waals surface area contributed by atoms with Crippen LogP contribution in [0.25, 0.3) is 0 Å². The molecule has 0 bridgehead atoms. The van der Waals surface area contributed by atoms with E-state index < -0.39 is 10.0 Å². The molecule has 0 saturated heterocycles. The maximum atomic E-state index is 12.3. The van der Waals surface area contributed by atoms with E-state index in [9.17, 15) is 13.2 Å². The molecule has 3 rings (SSSR count). The summed E-state index contributed by atoms with van der Waals surface area (Å²) in [6.07, 6.45) is 1.17. The van der Waals surface area contributed by atoms with Gasteiger partial charge in [0.05, 0.1) is 31.6 Å². The third-order valence-corrected chi connectivity index (χ3v) is 5.15. The number of carbonyl (C=O) groups excluding carboxylic acids is 1. The summed E-state index contributed by atoms with van der Waals surface area (Å²) in [4.78, 5) is 12.3. The van der Waals surface area contributed by atoms with E-state index in [0.717, 1.165) is 22.9 Å². The van der Waals surface area contributed by atoms with E-state index in [0.29, 0.717) is 31.0 Å². The van der Waals surface area contributed by atoms with E-state index in [2.05, 4.69) is 10.0 Å². The van der Waals surface area contributed by atoms with Gasteiger partial charge in [-0.05, 0) is 28.3 Å². The minimum absolute atomic E-state index is 0.0874. The van der Waals surface area contributed by atoms with Crippen LogP contribution >= 0.6 is 0 Å². The number of benzene rings is 3. The van der Waals surface area contributed by atoms with Gasteiger partial charge in [0.25, 0.3) is 0 Å². The van der Waals surface area contributed by atoms with Gasteiger partial charge in [0.1, 0.15) is 0 Å². The fourth-order valence-electron chi connectivity index (χ4n) is 3.02. The van der Waals surface area contributed by atoms with E-state index in [1.54, 1.807) is 24.3 Å². The van der Waals surface area contributed by atoms with Gasteiger partial charge in [-0.1, -0.05) is 72.8 Å². The molecule has 1 amide bonds. The summed E-state index contributed by atoms with van der Waals surface area (Å²) in [6.45, 7) is 1.48. The zero-order valence-corrected chi connectivity index (χ0v) is 18.2. The van der Waals surface area contributed by atoms with E-state index in [-0.39, 0.29) is 12.3 Å². The van der Waals surface area contributed by atoms with Crippen molar-refractivity contribution < 1.29 is 17.9 Å². The molecule has 0 spiro atoms. The van der Waals surface area contributed by atoms with Crippen LogP contribution in [0.3, 0.4) is 0 Å². The minimum atomic E-state index is -3.41. The Morgan fingerprint density at radius 3 is 2.06 bits per heavy atom. The van der Waals surface area contributed by atoms with Crippen molar-refractivity contribution in [1.29, 1.82) is 0 Å². The first kappa shape index (κ1) is 22.5. The summed E-state index contributed by atoms with van der Waals surface area (Å²) in [5, 5.41) is 2.87. The number of anilines is 1. The van der Waals surface area contributed by atoms with Crippen molar-refractivity contribution in [1.82, 2.24) is 5.32 Å². The molecule has 6 nitrogen and oxygen atoms in total. The molecule has 3 aromatic carbocycles. The molecule has 0 aromatic heterocycles. The number of sulfonamides is 1. The third kappa shape index (κ3) is 7.88. The summed E-state index contributed by atoms with van der Waals surface area (Å²) in [5.74, 6) is -0.182. The predicted molar refractivity (Wildman–Crippen MR) is 122 cm³/mol. The van der Waals surface area contributed by atoms with Crippen LogP contribution in [0.1, 0.15) is 22.3 Å². The van der Waals surface area contributed by atoms with Crippen molar-refractivity contribution >= 4 is 21.6 Å². The highest BCUT2D eigenvalue weighted by atomic mass is 32.2. The largest absolute Gasteiger partial charge is 0.372 e. The van der Waals surface area contributed by atoms with Gasteiger partial charge in [0.15, 0.2) is 0 Å². The fourth-order valence-corrected chi connectivity index (χ4v) is 3.62. The Balaban J connectivity index is 1.46. The van der Waals surface area contributed by atoms with Crippen LogP contribution in [0.4, 0.5) is 5.69 Å². The average molecular weight is 439 g/mol. The minimum Gasteiger partial charge on any atom is -0.372 e. The number of rotatable bonds is 10. The Morgan fingerprint density at radius 1 is 0.806 bits per heavy atom. The highest BCUT2D eigenvalue weighted by molar-refractivity contribution is 7.92. The number of ether oxygens (including phenoxy) is 1. The van der Waals surface area contributed by atoms with Crippen molar-refractivity contribution in [2.75, 3.05) is 11.0 Å². The SMILES string of the molecule is CS(=O)(=O)Nc1ccccc1CC(=O)NCc1ccc(COCc2ccccc2)cc1. The van der Waals surface area contributed by atoms with Gasteiger partial charge in [-0.2, -0.15) is 0 Å². The van der Waals surface area contributed by atoms with Crippen molar-refractivity contribution in [2.45, 2.75) is 26.2 Å². The van der Waals surface area contributed by atoms with E-state index in [4.69, 9.17) is 4.74 Å². The Hall–Kier alpha value is -3.16. The number of hydrogen-bond acceptors (Lipinski definition) is 4. The maximum Gasteiger partial charge on any atom is 0.229 e. The Morgan fingerprint density at radius 2 is 1.39 bits per heavy atom. The van der Waals surface area contributed by atoms with Crippen LogP contribution < -0.4 is 10.0 Å². The van der Waals surface area contributed by atoms with Crippen molar-refractivity contribution in [2.24, 2.45) is 0 Å². The van der Waals surface area contributed by atoms with Gasteiger partial charge in [0.2, 0.25) is 15.9 Å². The number of nitrogens with one attached hydrogen (secondary N) is 2. The normalized spacial score (nSPS) is 11.1. The molecule has 2 N–H and O–H groups in total. The molecule has 0 fully saturated rings. The standard InChI is InChI=1S/C24H26N2O4S/c1-31(28,29)26-23-10-6-5-9-22(23)15-24(27)25-16-19-11-13-21(14-12-19)18-30-17-20-7-3-2-4-8-20/h2-14,26H,15-18H2,1H3,(H,25,27). The second-order valence-electron chi connectivity index (χ2n) is 7.28. The van der Waals surface area contributed by atoms with Gasteiger partial charge < -0.3 is 10.1 Å². The Labute approximate surface area is 183 Å². The number of amides is 1. The van der Waals surface area contributed by atoms with Crippen LogP contribution in [-0.2, 0) is 45.7 Å². The van der Waals surface area contributed by atoms with Gasteiger partial charge in [-0.25, -0.2) is 8.42 Å². The van der Waals surface area contributed by atoms with Crippen LogP contribution in [0, 0.1) is 0 Å². The zero-order valence-electron chi connectivity index (χ0n) is 17.4. The van der Waals surface area contributed by atoms with Crippen LogP contribution in [0.2, 0.25) is 0 Å². The topological polar surface area (TPSA) is 84.5 Å². The maximum absolute atomic E-state index is 12.3. The molecule has 0 aliphatic heterocycles. The third-order valence-electron chi connectivity index (χ3n) is 4.56. The lowest BCUT2D eigenvalue weighted by atomic mass is 10.1.